The highest BCUT2D eigenvalue weighted by Gasteiger charge is 2.36. The highest BCUT2D eigenvalue weighted by molar-refractivity contribution is 5.93. The molecule has 0 aromatic heterocycles. The highest BCUT2D eigenvalue weighted by Crippen LogP contribution is 2.36. The molecule has 1 saturated carbocycles. The van der Waals surface area contributed by atoms with Crippen LogP contribution in [0.2, 0.25) is 0 Å². The van der Waals surface area contributed by atoms with Crippen molar-refractivity contribution in [1.82, 2.24) is 10.4 Å². The number of hydroxylamine groups is 1. The SMILES string of the molecule is CC1(C)Cc2c(F)cc(C(=O)NO)cc2CN1CC1CCC1. The second-order valence-corrected chi connectivity index (χ2v) is 7.20. The van der Waals surface area contributed by atoms with Crippen molar-refractivity contribution in [3.63, 3.8) is 0 Å². The molecule has 1 aromatic rings. The van der Waals surface area contributed by atoms with E-state index in [1.807, 2.05) is 0 Å². The van der Waals surface area contributed by atoms with Crippen LogP contribution in [0.1, 0.15) is 54.6 Å². The first kappa shape index (κ1) is 15.4. The third kappa shape index (κ3) is 2.75. The van der Waals surface area contributed by atoms with Gasteiger partial charge < -0.3 is 0 Å². The Hall–Kier alpha value is -1.46. The monoisotopic (exact) mass is 306 g/mol. The van der Waals surface area contributed by atoms with E-state index in [9.17, 15) is 9.18 Å². The van der Waals surface area contributed by atoms with Crippen LogP contribution in [0.4, 0.5) is 4.39 Å². The van der Waals surface area contributed by atoms with Crippen molar-refractivity contribution >= 4 is 5.91 Å². The molecule has 1 aliphatic heterocycles. The summed E-state index contributed by atoms with van der Waals surface area (Å²) in [4.78, 5) is 14.0. The lowest BCUT2D eigenvalue weighted by molar-refractivity contribution is 0.0585. The predicted molar refractivity (Wildman–Crippen MR) is 81.2 cm³/mol. The van der Waals surface area contributed by atoms with Crippen LogP contribution >= 0.6 is 0 Å². The van der Waals surface area contributed by atoms with Crippen molar-refractivity contribution < 1.29 is 14.4 Å². The molecule has 0 unspecified atom stereocenters. The molecule has 3 rings (SSSR count). The zero-order chi connectivity index (χ0) is 15.9. The van der Waals surface area contributed by atoms with E-state index in [1.54, 1.807) is 11.5 Å². The van der Waals surface area contributed by atoms with Gasteiger partial charge in [-0.3, -0.25) is 14.9 Å². The topological polar surface area (TPSA) is 52.6 Å². The van der Waals surface area contributed by atoms with E-state index in [-0.39, 0.29) is 16.9 Å². The molecule has 0 spiro atoms. The summed E-state index contributed by atoms with van der Waals surface area (Å²) in [7, 11) is 0. The normalized spacial score (nSPS) is 21.1. The largest absolute Gasteiger partial charge is 0.293 e. The molecule has 0 radical (unpaired) electrons. The van der Waals surface area contributed by atoms with Crippen LogP contribution in [0.15, 0.2) is 12.1 Å². The van der Waals surface area contributed by atoms with Crippen LogP contribution in [-0.2, 0) is 13.0 Å². The number of carbonyl (C=O) groups excluding carboxylic acids is 1. The van der Waals surface area contributed by atoms with Crippen molar-refractivity contribution in [3.05, 3.63) is 34.6 Å². The van der Waals surface area contributed by atoms with E-state index >= 15 is 0 Å². The fraction of sp³-hybridized carbons (Fsp3) is 0.588. The molecule has 1 aliphatic carbocycles. The lowest BCUT2D eigenvalue weighted by atomic mass is 9.80. The molecule has 1 fully saturated rings. The zero-order valence-corrected chi connectivity index (χ0v) is 13.2. The third-order valence-corrected chi connectivity index (χ3v) is 5.18. The summed E-state index contributed by atoms with van der Waals surface area (Å²) in [6.45, 7) is 6.00. The van der Waals surface area contributed by atoms with E-state index < -0.39 is 5.91 Å². The van der Waals surface area contributed by atoms with E-state index in [1.165, 1.54) is 25.3 Å². The Morgan fingerprint density at radius 2 is 2.18 bits per heavy atom. The van der Waals surface area contributed by atoms with Gasteiger partial charge in [0, 0.05) is 24.2 Å². The maximum absolute atomic E-state index is 14.4. The Bertz CT molecular complexity index is 597. The van der Waals surface area contributed by atoms with Crippen molar-refractivity contribution in [1.29, 1.82) is 0 Å². The lowest BCUT2D eigenvalue weighted by Crippen LogP contribution is -2.51. The number of rotatable bonds is 3. The number of hydrogen-bond acceptors (Lipinski definition) is 3. The number of carbonyl (C=O) groups is 1. The summed E-state index contributed by atoms with van der Waals surface area (Å²) in [5.74, 6) is -0.279. The number of benzene rings is 1. The third-order valence-electron chi connectivity index (χ3n) is 5.18. The van der Waals surface area contributed by atoms with E-state index in [0.29, 0.717) is 18.5 Å². The molecule has 22 heavy (non-hydrogen) atoms. The number of nitrogens with one attached hydrogen (secondary N) is 1. The first-order valence-electron chi connectivity index (χ1n) is 7.91. The van der Waals surface area contributed by atoms with Gasteiger partial charge in [0.25, 0.3) is 5.91 Å². The smallest absolute Gasteiger partial charge is 0.274 e. The van der Waals surface area contributed by atoms with Crippen LogP contribution < -0.4 is 5.48 Å². The van der Waals surface area contributed by atoms with Gasteiger partial charge in [-0.25, -0.2) is 9.87 Å². The molecule has 0 atom stereocenters. The van der Waals surface area contributed by atoms with Crippen LogP contribution in [-0.4, -0.2) is 28.1 Å². The van der Waals surface area contributed by atoms with Crippen molar-refractivity contribution in [3.8, 4) is 0 Å². The minimum Gasteiger partial charge on any atom is -0.293 e. The van der Waals surface area contributed by atoms with Crippen LogP contribution in [0.5, 0.6) is 0 Å². The number of amides is 1. The Balaban J connectivity index is 1.90. The van der Waals surface area contributed by atoms with Crippen LogP contribution in [0.3, 0.4) is 0 Å². The predicted octanol–water partition coefficient (Wildman–Crippen LogP) is 2.88. The number of hydrogen-bond donors (Lipinski definition) is 2. The molecule has 120 valence electrons. The highest BCUT2D eigenvalue weighted by atomic mass is 19.1. The second kappa shape index (κ2) is 5.63. The summed E-state index contributed by atoms with van der Waals surface area (Å²) in [6, 6.07) is 2.91. The maximum atomic E-state index is 14.4. The van der Waals surface area contributed by atoms with Gasteiger partial charge in [0.2, 0.25) is 0 Å². The summed E-state index contributed by atoms with van der Waals surface area (Å²) in [5, 5.41) is 8.74. The molecule has 1 aromatic carbocycles. The van der Waals surface area contributed by atoms with Gasteiger partial charge in [0.15, 0.2) is 0 Å². The minimum absolute atomic E-state index is 0.0792. The second-order valence-electron chi connectivity index (χ2n) is 7.20. The number of nitrogens with zero attached hydrogens (tertiary/aromatic N) is 1. The Morgan fingerprint density at radius 1 is 1.45 bits per heavy atom. The zero-order valence-electron chi connectivity index (χ0n) is 13.2. The molecule has 4 nitrogen and oxygen atoms in total. The van der Waals surface area contributed by atoms with E-state index in [2.05, 4.69) is 18.7 Å². The molecule has 0 saturated heterocycles. The quantitative estimate of drug-likeness (QED) is 0.667. The van der Waals surface area contributed by atoms with E-state index in [0.717, 1.165) is 18.0 Å². The summed E-state index contributed by atoms with van der Waals surface area (Å²) < 4.78 is 14.4. The van der Waals surface area contributed by atoms with Gasteiger partial charge in [-0.2, -0.15) is 0 Å². The van der Waals surface area contributed by atoms with Crippen molar-refractivity contribution in [2.24, 2.45) is 5.92 Å². The summed E-state index contributed by atoms with van der Waals surface area (Å²) in [5.41, 5.74) is 3.22. The lowest BCUT2D eigenvalue weighted by Gasteiger charge is -2.46. The Kier molecular flexibility index (Phi) is 3.95. The first-order chi connectivity index (χ1) is 10.4. The van der Waals surface area contributed by atoms with Crippen molar-refractivity contribution in [2.75, 3.05) is 6.54 Å². The summed E-state index contributed by atoms with van der Waals surface area (Å²) in [6.07, 6.45) is 4.51. The number of fused-ring (bicyclic) bond motifs is 1. The van der Waals surface area contributed by atoms with Gasteiger partial charge in [-0.15, -0.1) is 0 Å². The van der Waals surface area contributed by atoms with Gasteiger partial charge in [0.1, 0.15) is 5.82 Å². The first-order valence-corrected chi connectivity index (χ1v) is 7.91. The Labute approximate surface area is 130 Å². The molecule has 0 bridgehead atoms. The molecule has 1 amide bonds. The molecule has 5 heteroatoms. The maximum Gasteiger partial charge on any atom is 0.274 e. The van der Waals surface area contributed by atoms with Gasteiger partial charge in [-0.1, -0.05) is 6.42 Å². The fourth-order valence-electron chi connectivity index (χ4n) is 3.49. The fourth-order valence-corrected chi connectivity index (χ4v) is 3.49. The van der Waals surface area contributed by atoms with E-state index in [4.69, 9.17) is 5.21 Å². The standard InChI is InChI=1S/C17H23FN2O2/c1-17(2)8-14-13(10-20(17)9-11-4-3-5-11)6-12(7-15(14)18)16(21)19-22/h6-7,11,22H,3-5,8-10H2,1-2H3,(H,19,21). The number of halogens is 1. The van der Waals surface area contributed by atoms with Crippen molar-refractivity contribution in [2.45, 2.75) is 51.6 Å². The average molecular weight is 306 g/mol. The molecular weight excluding hydrogens is 283 g/mol. The molecule has 2 aliphatic rings. The molecule has 1 heterocycles. The minimum atomic E-state index is -0.669. The van der Waals surface area contributed by atoms with Crippen LogP contribution in [0, 0.1) is 11.7 Å². The van der Waals surface area contributed by atoms with Gasteiger partial charge in [0.05, 0.1) is 0 Å². The van der Waals surface area contributed by atoms with Gasteiger partial charge >= 0.3 is 0 Å². The van der Waals surface area contributed by atoms with Crippen LogP contribution in [0.25, 0.3) is 0 Å². The average Bonchev–Trinajstić information content (AvgIpc) is 2.42. The molecular formula is C17H23FN2O2. The van der Waals surface area contributed by atoms with Gasteiger partial charge in [-0.05, 0) is 62.3 Å². The Morgan fingerprint density at radius 3 is 2.77 bits per heavy atom. The summed E-state index contributed by atoms with van der Waals surface area (Å²) >= 11 is 0. The molecule has 2 N–H and O–H groups in total.